The van der Waals surface area contributed by atoms with Crippen LogP contribution in [-0.2, 0) is 4.79 Å². The highest BCUT2D eigenvalue weighted by molar-refractivity contribution is 7.08. The molecular formula is C13H10ClNO2S. The van der Waals surface area contributed by atoms with Crippen LogP contribution in [0.5, 0.6) is 5.75 Å². The second-order valence-electron chi connectivity index (χ2n) is 4.01. The van der Waals surface area contributed by atoms with E-state index in [0.29, 0.717) is 11.4 Å². The minimum atomic E-state index is -0.208. The highest BCUT2D eigenvalue weighted by atomic mass is 35.5. The summed E-state index contributed by atoms with van der Waals surface area (Å²) in [6.07, 6.45) is 0. The van der Waals surface area contributed by atoms with Crippen molar-refractivity contribution in [2.75, 3.05) is 11.9 Å². The first-order valence-corrected chi connectivity index (χ1v) is 6.85. The van der Waals surface area contributed by atoms with E-state index < -0.39 is 0 Å². The quantitative estimate of drug-likeness (QED) is 0.856. The number of ether oxygens (including phenoxy) is 1. The molecule has 0 aliphatic carbocycles. The van der Waals surface area contributed by atoms with Crippen molar-refractivity contribution in [3.05, 3.63) is 46.2 Å². The fraction of sp³-hybridized carbons (Fsp3) is 0.154. The van der Waals surface area contributed by atoms with Crippen LogP contribution in [0.4, 0.5) is 5.69 Å². The maximum absolute atomic E-state index is 11.3. The van der Waals surface area contributed by atoms with E-state index in [2.05, 4.69) is 5.32 Å². The Morgan fingerprint density at radius 1 is 1.33 bits per heavy atom. The molecule has 92 valence electrons. The molecule has 1 aliphatic rings. The van der Waals surface area contributed by atoms with E-state index in [1.54, 1.807) is 11.3 Å². The summed E-state index contributed by atoms with van der Waals surface area (Å²) >= 11 is 8.02. The zero-order valence-corrected chi connectivity index (χ0v) is 10.9. The van der Waals surface area contributed by atoms with Crippen molar-refractivity contribution in [3.63, 3.8) is 0 Å². The standard InChI is InChI=1S/C13H10ClNO2S/c14-13(9-3-4-18-7-9)8-1-2-11-10(5-8)15-12(16)6-17-11/h1-5,7,13H,6H2,(H,15,16). The Hall–Kier alpha value is -1.52. The lowest BCUT2D eigenvalue weighted by molar-refractivity contribution is -0.118. The van der Waals surface area contributed by atoms with Crippen molar-refractivity contribution < 1.29 is 9.53 Å². The lowest BCUT2D eigenvalue weighted by Gasteiger charge is -2.19. The van der Waals surface area contributed by atoms with E-state index >= 15 is 0 Å². The molecule has 1 N–H and O–H groups in total. The van der Waals surface area contributed by atoms with Crippen molar-refractivity contribution in [3.8, 4) is 5.75 Å². The van der Waals surface area contributed by atoms with Crippen molar-refractivity contribution >= 4 is 34.5 Å². The SMILES string of the molecule is O=C1COc2ccc(C(Cl)c3ccsc3)cc2N1. The number of benzene rings is 1. The number of fused-ring (bicyclic) bond motifs is 1. The number of hydrogen-bond donors (Lipinski definition) is 1. The van der Waals surface area contributed by atoms with Gasteiger partial charge in [-0.25, -0.2) is 0 Å². The number of alkyl halides is 1. The zero-order chi connectivity index (χ0) is 12.5. The molecule has 1 aromatic heterocycles. The molecule has 2 aromatic rings. The van der Waals surface area contributed by atoms with Crippen LogP contribution >= 0.6 is 22.9 Å². The Kier molecular flexibility index (Phi) is 2.97. The molecule has 2 heterocycles. The molecule has 5 heteroatoms. The summed E-state index contributed by atoms with van der Waals surface area (Å²) in [4.78, 5) is 11.3. The molecule has 0 saturated carbocycles. The van der Waals surface area contributed by atoms with Gasteiger partial charge in [-0.1, -0.05) is 6.07 Å². The molecule has 18 heavy (non-hydrogen) atoms. The van der Waals surface area contributed by atoms with Crippen molar-refractivity contribution in [2.45, 2.75) is 5.38 Å². The number of amides is 1. The molecule has 0 radical (unpaired) electrons. The van der Waals surface area contributed by atoms with Crippen LogP contribution in [0, 0.1) is 0 Å². The third-order valence-corrected chi connectivity index (χ3v) is 3.97. The summed E-state index contributed by atoms with van der Waals surface area (Å²) in [7, 11) is 0. The average Bonchev–Trinajstić information content (AvgIpc) is 2.90. The lowest BCUT2D eigenvalue weighted by atomic mass is 10.1. The van der Waals surface area contributed by atoms with Crippen molar-refractivity contribution in [2.24, 2.45) is 0 Å². The second kappa shape index (κ2) is 4.63. The molecule has 1 unspecified atom stereocenters. The van der Waals surface area contributed by atoms with Gasteiger partial charge in [-0.15, -0.1) is 11.6 Å². The van der Waals surface area contributed by atoms with Gasteiger partial charge in [0.15, 0.2) is 6.61 Å². The van der Waals surface area contributed by atoms with E-state index in [4.69, 9.17) is 16.3 Å². The van der Waals surface area contributed by atoms with Crippen LogP contribution in [0.3, 0.4) is 0 Å². The Morgan fingerprint density at radius 3 is 3.00 bits per heavy atom. The maximum atomic E-state index is 11.3. The minimum absolute atomic E-state index is 0.0706. The van der Waals surface area contributed by atoms with E-state index in [9.17, 15) is 4.79 Å². The van der Waals surface area contributed by atoms with Crippen LogP contribution < -0.4 is 10.1 Å². The molecule has 1 amide bonds. The largest absolute Gasteiger partial charge is 0.482 e. The van der Waals surface area contributed by atoms with E-state index in [0.717, 1.165) is 11.1 Å². The first-order chi connectivity index (χ1) is 8.74. The monoisotopic (exact) mass is 279 g/mol. The fourth-order valence-corrected chi connectivity index (χ4v) is 2.90. The van der Waals surface area contributed by atoms with E-state index in [1.165, 1.54) is 0 Å². The van der Waals surface area contributed by atoms with Gasteiger partial charge in [0.05, 0.1) is 11.1 Å². The highest BCUT2D eigenvalue weighted by Crippen LogP contribution is 2.35. The molecule has 0 saturated heterocycles. The Balaban J connectivity index is 1.94. The van der Waals surface area contributed by atoms with Crippen molar-refractivity contribution in [1.82, 2.24) is 0 Å². The van der Waals surface area contributed by atoms with Gasteiger partial charge in [-0.2, -0.15) is 11.3 Å². The molecule has 0 fully saturated rings. The first-order valence-electron chi connectivity index (χ1n) is 5.47. The first kappa shape index (κ1) is 11.6. The number of anilines is 1. The van der Waals surface area contributed by atoms with Crippen LogP contribution in [0.25, 0.3) is 0 Å². The van der Waals surface area contributed by atoms with Crippen molar-refractivity contribution in [1.29, 1.82) is 0 Å². The number of rotatable bonds is 2. The molecule has 3 nitrogen and oxygen atoms in total. The smallest absolute Gasteiger partial charge is 0.262 e. The maximum Gasteiger partial charge on any atom is 0.262 e. The molecule has 0 bridgehead atoms. The molecule has 1 aliphatic heterocycles. The molecule has 1 aromatic carbocycles. The Morgan fingerprint density at radius 2 is 2.22 bits per heavy atom. The molecular weight excluding hydrogens is 270 g/mol. The third kappa shape index (κ3) is 2.09. The highest BCUT2D eigenvalue weighted by Gasteiger charge is 2.18. The predicted molar refractivity (Wildman–Crippen MR) is 72.6 cm³/mol. The van der Waals surface area contributed by atoms with Gasteiger partial charge in [0.2, 0.25) is 0 Å². The number of halogens is 1. The number of carbonyl (C=O) groups excluding carboxylic acids is 1. The Labute approximate surface area is 113 Å². The average molecular weight is 280 g/mol. The minimum Gasteiger partial charge on any atom is -0.482 e. The number of carbonyl (C=O) groups is 1. The summed E-state index contributed by atoms with van der Waals surface area (Å²) in [5.74, 6) is 0.550. The Bertz CT molecular complexity index is 583. The van der Waals surface area contributed by atoms with Gasteiger partial charge in [0, 0.05) is 0 Å². The second-order valence-corrected chi connectivity index (χ2v) is 5.23. The number of nitrogens with one attached hydrogen (secondary N) is 1. The van der Waals surface area contributed by atoms with Gasteiger partial charge in [-0.05, 0) is 40.1 Å². The van der Waals surface area contributed by atoms with Gasteiger partial charge in [0.25, 0.3) is 5.91 Å². The van der Waals surface area contributed by atoms with Gasteiger partial charge >= 0.3 is 0 Å². The van der Waals surface area contributed by atoms with E-state index in [-0.39, 0.29) is 17.9 Å². The van der Waals surface area contributed by atoms with Gasteiger partial charge in [-0.3, -0.25) is 4.79 Å². The topological polar surface area (TPSA) is 38.3 Å². The molecule has 0 spiro atoms. The normalized spacial score (nSPS) is 15.5. The van der Waals surface area contributed by atoms with Crippen LogP contribution in [0.1, 0.15) is 16.5 Å². The van der Waals surface area contributed by atoms with Gasteiger partial charge < -0.3 is 10.1 Å². The fourth-order valence-electron chi connectivity index (χ4n) is 1.87. The van der Waals surface area contributed by atoms with Crippen LogP contribution in [-0.4, -0.2) is 12.5 Å². The lowest BCUT2D eigenvalue weighted by Crippen LogP contribution is -2.25. The summed E-state index contributed by atoms with van der Waals surface area (Å²) in [5.41, 5.74) is 2.69. The summed E-state index contributed by atoms with van der Waals surface area (Å²) in [6, 6.07) is 7.62. The molecule has 3 rings (SSSR count). The molecule has 1 atom stereocenters. The number of thiophene rings is 1. The predicted octanol–water partition coefficient (Wildman–Crippen LogP) is 3.41. The zero-order valence-electron chi connectivity index (χ0n) is 9.35. The van der Waals surface area contributed by atoms with Crippen LogP contribution in [0.2, 0.25) is 0 Å². The van der Waals surface area contributed by atoms with Crippen LogP contribution in [0.15, 0.2) is 35.0 Å². The summed E-state index contributed by atoms with van der Waals surface area (Å²) in [6.45, 7) is 0.0706. The van der Waals surface area contributed by atoms with E-state index in [1.807, 2.05) is 35.0 Å². The van der Waals surface area contributed by atoms with Gasteiger partial charge in [0.1, 0.15) is 5.75 Å². The third-order valence-electron chi connectivity index (χ3n) is 2.76. The summed E-state index contributed by atoms with van der Waals surface area (Å²) < 4.78 is 5.31. The summed E-state index contributed by atoms with van der Waals surface area (Å²) in [5, 5.41) is 6.59. The number of hydrogen-bond acceptors (Lipinski definition) is 3.